The molecule has 0 radical (unpaired) electrons. The number of hydrogen-bond donors (Lipinski definition) is 0. The van der Waals surface area contributed by atoms with Gasteiger partial charge in [-0.2, -0.15) is 0 Å². The van der Waals surface area contributed by atoms with Crippen molar-refractivity contribution in [3.05, 3.63) is 0 Å². The number of nitrogens with zero attached hydrogens (tertiary/aromatic N) is 1. The van der Waals surface area contributed by atoms with Crippen molar-refractivity contribution in [2.45, 2.75) is 45.8 Å². The van der Waals surface area contributed by atoms with Gasteiger partial charge in [-0.25, -0.2) is 4.39 Å². The average Bonchev–Trinajstić information content (AvgIpc) is 1.82. The lowest BCUT2D eigenvalue weighted by molar-refractivity contribution is -0.0491. The van der Waals surface area contributed by atoms with E-state index in [1.807, 2.05) is 7.05 Å². The molecule has 1 atom stereocenters. The first-order chi connectivity index (χ1) is 5.27. The molecule has 0 saturated carbocycles. The van der Waals surface area contributed by atoms with Crippen molar-refractivity contribution in [3.63, 3.8) is 0 Å². The molecule has 1 aliphatic rings. The van der Waals surface area contributed by atoms with Crippen LogP contribution in [0.1, 0.15) is 34.1 Å². The summed E-state index contributed by atoms with van der Waals surface area (Å²) >= 11 is 0. The maximum atomic E-state index is 13.2. The van der Waals surface area contributed by atoms with E-state index in [-0.39, 0.29) is 11.0 Å². The highest BCUT2D eigenvalue weighted by molar-refractivity contribution is 4.99. The third-order valence-electron chi connectivity index (χ3n) is 3.81. The molecule has 72 valence electrons. The van der Waals surface area contributed by atoms with Crippen molar-refractivity contribution in [1.82, 2.24) is 4.90 Å². The highest BCUT2D eigenvalue weighted by atomic mass is 19.1. The molecule has 0 aromatic heterocycles. The Labute approximate surface area is 74.9 Å². The number of rotatable bonds is 0. The molecule has 0 aliphatic carbocycles. The van der Waals surface area contributed by atoms with Crippen molar-refractivity contribution in [3.8, 4) is 0 Å². The molecule has 1 nitrogen and oxygen atoms in total. The first kappa shape index (κ1) is 9.97. The summed E-state index contributed by atoms with van der Waals surface area (Å²) in [4.78, 5) is 2.13. The number of piperidine rings is 1. The first-order valence-corrected chi connectivity index (χ1v) is 4.63. The molecule has 0 spiro atoms. The SMILES string of the molecule is CN1CC(F)CC(C)(C)C1(C)C. The molecule has 1 unspecified atom stereocenters. The summed E-state index contributed by atoms with van der Waals surface area (Å²) in [7, 11) is 2.01. The number of likely N-dealkylation sites (tertiary alicyclic amines) is 1. The van der Waals surface area contributed by atoms with Crippen molar-refractivity contribution >= 4 is 0 Å². The standard InChI is InChI=1S/C10H20FN/c1-9(2)6-8(11)7-12(5)10(9,3)4/h8H,6-7H2,1-5H3. The topological polar surface area (TPSA) is 3.24 Å². The molecular formula is C10H20FN. The van der Waals surface area contributed by atoms with Gasteiger partial charge in [-0.05, 0) is 32.7 Å². The zero-order chi connectivity index (χ0) is 9.57. The van der Waals surface area contributed by atoms with Crippen molar-refractivity contribution < 1.29 is 4.39 Å². The van der Waals surface area contributed by atoms with Crippen LogP contribution in [0.25, 0.3) is 0 Å². The van der Waals surface area contributed by atoms with E-state index in [9.17, 15) is 4.39 Å². The second kappa shape index (κ2) is 2.69. The smallest absolute Gasteiger partial charge is 0.113 e. The Hall–Kier alpha value is -0.110. The molecule has 1 aliphatic heterocycles. The monoisotopic (exact) mass is 173 g/mol. The first-order valence-electron chi connectivity index (χ1n) is 4.63. The van der Waals surface area contributed by atoms with Crippen LogP contribution < -0.4 is 0 Å². The van der Waals surface area contributed by atoms with Crippen molar-refractivity contribution in [2.24, 2.45) is 5.41 Å². The van der Waals surface area contributed by atoms with Crippen LogP contribution in [0.5, 0.6) is 0 Å². The third kappa shape index (κ3) is 1.37. The second-order valence-electron chi connectivity index (χ2n) is 5.12. The van der Waals surface area contributed by atoms with Gasteiger partial charge in [0.2, 0.25) is 0 Å². The molecule has 1 heterocycles. The molecule has 1 fully saturated rings. The number of halogens is 1. The molecule has 0 N–H and O–H groups in total. The summed E-state index contributed by atoms with van der Waals surface area (Å²) in [6.07, 6.45) is 0.0303. The Bertz CT molecular complexity index is 175. The van der Waals surface area contributed by atoms with E-state index in [1.54, 1.807) is 0 Å². The Balaban J connectivity index is 2.86. The maximum Gasteiger partial charge on any atom is 0.113 e. The largest absolute Gasteiger partial charge is 0.298 e. The summed E-state index contributed by atoms with van der Waals surface area (Å²) in [5.41, 5.74) is 0.176. The number of hydrogen-bond acceptors (Lipinski definition) is 1. The molecule has 12 heavy (non-hydrogen) atoms. The van der Waals surface area contributed by atoms with E-state index in [0.717, 1.165) is 0 Å². The summed E-state index contributed by atoms with van der Waals surface area (Å²) < 4.78 is 13.2. The summed E-state index contributed by atoms with van der Waals surface area (Å²) in [5, 5.41) is 0. The van der Waals surface area contributed by atoms with Crippen LogP contribution in [0.2, 0.25) is 0 Å². The minimum Gasteiger partial charge on any atom is -0.298 e. The van der Waals surface area contributed by atoms with Crippen LogP contribution in [-0.2, 0) is 0 Å². The minimum absolute atomic E-state index is 0.0689. The molecular weight excluding hydrogens is 153 g/mol. The summed E-state index contributed by atoms with van der Waals surface area (Å²) in [5.74, 6) is 0. The minimum atomic E-state index is -0.655. The van der Waals surface area contributed by atoms with Crippen LogP contribution in [0, 0.1) is 5.41 Å². The lowest BCUT2D eigenvalue weighted by atomic mass is 9.68. The highest BCUT2D eigenvalue weighted by Gasteiger charge is 2.45. The fourth-order valence-electron chi connectivity index (χ4n) is 1.91. The fraction of sp³-hybridized carbons (Fsp3) is 1.00. The molecule has 1 rings (SSSR count). The van der Waals surface area contributed by atoms with Crippen LogP contribution in [0.4, 0.5) is 4.39 Å². The van der Waals surface area contributed by atoms with Gasteiger partial charge < -0.3 is 0 Å². The van der Waals surface area contributed by atoms with Crippen LogP contribution >= 0.6 is 0 Å². The van der Waals surface area contributed by atoms with E-state index < -0.39 is 6.17 Å². The van der Waals surface area contributed by atoms with Crippen LogP contribution in [-0.4, -0.2) is 30.2 Å². The lowest BCUT2D eigenvalue weighted by Gasteiger charge is -2.53. The maximum absolute atomic E-state index is 13.2. The van der Waals surface area contributed by atoms with Crippen molar-refractivity contribution in [2.75, 3.05) is 13.6 Å². The molecule has 0 aromatic carbocycles. The van der Waals surface area contributed by atoms with Crippen LogP contribution in [0.15, 0.2) is 0 Å². The molecule has 0 amide bonds. The number of alkyl halides is 1. The molecule has 0 aromatic rings. The third-order valence-corrected chi connectivity index (χ3v) is 3.81. The van der Waals surface area contributed by atoms with Gasteiger partial charge in [-0.3, -0.25) is 4.90 Å². The predicted octanol–water partition coefficient (Wildman–Crippen LogP) is 2.46. The molecule has 1 saturated heterocycles. The average molecular weight is 173 g/mol. The van der Waals surface area contributed by atoms with E-state index in [4.69, 9.17) is 0 Å². The summed E-state index contributed by atoms with van der Waals surface area (Å²) in [6.45, 7) is 9.26. The quantitative estimate of drug-likeness (QED) is 0.544. The Kier molecular flexibility index (Phi) is 2.24. The van der Waals surface area contributed by atoms with Gasteiger partial charge >= 0.3 is 0 Å². The van der Waals surface area contributed by atoms with E-state index in [0.29, 0.717) is 13.0 Å². The Morgan fingerprint density at radius 2 is 1.75 bits per heavy atom. The fourth-order valence-corrected chi connectivity index (χ4v) is 1.91. The Morgan fingerprint density at radius 3 is 2.17 bits per heavy atom. The van der Waals surface area contributed by atoms with Gasteiger partial charge in [0.1, 0.15) is 6.17 Å². The summed E-state index contributed by atoms with van der Waals surface area (Å²) in [6, 6.07) is 0. The van der Waals surface area contributed by atoms with E-state index >= 15 is 0 Å². The highest BCUT2D eigenvalue weighted by Crippen LogP contribution is 2.43. The van der Waals surface area contributed by atoms with E-state index in [2.05, 4.69) is 32.6 Å². The van der Waals surface area contributed by atoms with Gasteiger partial charge in [0, 0.05) is 12.1 Å². The predicted molar refractivity (Wildman–Crippen MR) is 50.0 cm³/mol. The molecule has 0 bridgehead atoms. The Morgan fingerprint density at radius 1 is 1.25 bits per heavy atom. The molecule has 2 heteroatoms. The van der Waals surface area contributed by atoms with Crippen molar-refractivity contribution in [1.29, 1.82) is 0 Å². The lowest BCUT2D eigenvalue weighted by Crippen LogP contribution is -2.59. The van der Waals surface area contributed by atoms with E-state index in [1.165, 1.54) is 0 Å². The van der Waals surface area contributed by atoms with Gasteiger partial charge in [0.15, 0.2) is 0 Å². The second-order valence-corrected chi connectivity index (χ2v) is 5.12. The zero-order valence-electron chi connectivity index (χ0n) is 8.82. The van der Waals surface area contributed by atoms with Gasteiger partial charge in [-0.1, -0.05) is 13.8 Å². The van der Waals surface area contributed by atoms with Crippen LogP contribution in [0.3, 0.4) is 0 Å². The normalized spacial score (nSPS) is 35.0. The van der Waals surface area contributed by atoms with Gasteiger partial charge in [-0.15, -0.1) is 0 Å². The van der Waals surface area contributed by atoms with Gasteiger partial charge in [0.25, 0.3) is 0 Å². The zero-order valence-corrected chi connectivity index (χ0v) is 8.82. The van der Waals surface area contributed by atoms with Gasteiger partial charge in [0.05, 0.1) is 0 Å².